The molecule has 0 aliphatic heterocycles. The van der Waals surface area contributed by atoms with Crippen LogP contribution in [-0.4, -0.2) is 37.6 Å². The van der Waals surface area contributed by atoms with Crippen LogP contribution >= 0.6 is 23.4 Å². The van der Waals surface area contributed by atoms with Gasteiger partial charge in [0.1, 0.15) is 5.82 Å². The largest absolute Gasteiger partial charge is 0.272 e. The SMILES string of the molecule is O=C(CSc1nnc(-c2ccncc2)n1-c1ccc(Cl)cc1)N/N=C/c1ccc(F)cc1. The number of halogens is 2. The number of nitrogens with zero attached hydrogens (tertiary/aromatic N) is 5. The van der Waals surface area contributed by atoms with Crippen LogP contribution in [0.5, 0.6) is 0 Å². The third-order valence-corrected chi connectivity index (χ3v) is 5.44. The number of carbonyl (C=O) groups is 1. The van der Waals surface area contributed by atoms with Gasteiger partial charge in [-0.05, 0) is 54.1 Å². The average Bonchev–Trinajstić information content (AvgIpc) is 3.24. The minimum Gasteiger partial charge on any atom is -0.272 e. The van der Waals surface area contributed by atoms with Crippen molar-refractivity contribution < 1.29 is 9.18 Å². The van der Waals surface area contributed by atoms with Gasteiger partial charge < -0.3 is 0 Å². The van der Waals surface area contributed by atoms with Crippen LogP contribution in [0.25, 0.3) is 17.1 Å². The van der Waals surface area contributed by atoms with Gasteiger partial charge in [-0.2, -0.15) is 5.10 Å². The van der Waals surface area contributed by atoms with Crippen molar-refractivity contribution in [2.24, 2.45) is 5.10 Å². The number of amides is 1. The van der Waals surface area contributed by atoms with E-state index < -0.39 is 0 Å². The number of benzene rings is 2. The zero-order valence-corrected chi connectivity index (χ0v) is 18.1. The van der Waals surface area contributed by atoms with Crippen molar-refractivity contribution in [3.8, 4) is 17.1 Å². The van der Waals surface area contributed by atoms with Crippen molar-refractivity contribution in [1.29, 1.82) is 0 Å². The van der Waals surface area contributed by atoms with Crippen LogP contribution in [0.4, 0.5) is 4.39 Å². The summed E-state index contributed by atoms with van der Waals surface area (Å²) in [6.45, 7) is 0. The summed E-state index contributed by atoms with van der Waals surface area (Å²) in [5, 5.41) is 13.6. The molecule has 4 aromatic rings. The minimum absolute atomic E-state index is 0.0722. The van der Waals surface area contributed by atoms with Crippen LogP contribution in [0.15, 0.2) is 83.3 Å². The molecule has 7 nitrogen and oxygen atoms in total. The molecule has 1 amide bonds. The van der Waals surface area contributed by atoms with Gasteiger partial charge in [0, 0.05) is 28.7 Å². The van der Waals surface area contributed by atoms with E-state index in [0.717, 1.165) is 11.3 Å². The zero-order valence-electron chi connectivity index (χ0n) is 16.5. The number of nitrogens with one attached hydrogen (secondary N) is 1. The summed E-state index contributed by atoms with van der Waals surface area (Å²) in [4.78, 5) is 16.3. The molecule has 0 bridgehead atoms. The first-order valence-corrected chi connectivity index (χ1v) is 10.8. The molecule has 10 heteroatoms. The molecule has 0 unspecified atom stereocenters. The Labute approximate surface area is 192 Å². The molecule has 0 atom stereocenters. The van der Waals surface area contributed by atoms with Crippen LogP contribution in [0, 0.1) is 5.82 Å². The van der Waals surface area contributed by atoms with Crippen molar-refractivity contribution in [1.82, 2.24) is 25.2 Å². The van der Waals surface area contributed by atoms with E-state index in [1.54, 1.807) is 36.7 Å². The molecule has 0 fully saturated rings. The summed E-state index contributed by atoms with van der Waals surface area (Å²) >= 11 is 7.26. The van der Waals surface area contributed by atoms with Gasteiger partial charge in [0.15, 0.2) is 11.0 Å². The smallest absolute Gasteiger partial charge is 0.250 e. The number of rotatable bonds is 7. The van der Waals surface area contributed by atoms with Gasteiger partial charge in [0.25, 0.3) is 5.91 Å². The van der Waals surface area contributed by atoms with Crippen LogP contribution in [-0.2, 0) is 4.79 Å². The van der Waals surface area contributed by atoms with E-state index in [0.29, 0.717) is 21.6 Å². The molecule has 0 spiro atoms. The predicted octanol–water partition coefficient (Wildman–Crippen LogP) is 4.36. The third-order valence-electron chi connectivity index (χ3n) is 4.26. The Bertz CT molecular complexity index is 1230. The maximum absolute atomic E-state index is 12.9. The standard InChI is InChI=1S/C22H16ClFN6OS/c23-17-3-7-19(8-4-17)30-21(16-9-11-25-12-10-16)28-29-22(30)32-14-20(31)27-26-13-15-1-5-18(24)6-2-15/h1-13H,14H2,(H,27,31)/b26-13+. The number of carbonyl (C=O) groups excluding carboxylic acids is 1. The molecule has 2 aromatic carbocycles. The Kier molecular flexibility index (Phi) is 6.88. The van der Waals surface area contributed by atoms with Gasteiger partial charge in [0.05, 0.1) is 12.0 Å². The molecule has 2 heterocycles. The Morgan fingerprint density at radius 1 is 1.06 bits per heavy atom. The van der Waals surface area contributed by atoms with Crippen molar-refractivity contribution in [3.63, 3.8) is 0 Å². The fourth-order valence-electron chi connectivity index (χ4n) is 2.76. The molecule has 0 saturated heterocycles. The second-order valence-electron chi connectivity index (χ2n) is 6.49. The van der Waals surface area contributed by atoms with Gasteiger partial charge in [-0.1, -0.05) is 35.5 Å². The van der Waals surface area contributed by atoms with Crippen LogP contribution in [0.2, 0.25) is 5.02 Å². The lowest BCUT2D eigenvalue weighted by molar-refractivity contribution is -0.118. The average molecular weight is 467 g/mol. The normalized spacial score (nSPS) is 11.1. The summed E-state index contributed by atoms with van der Waals surface area (Å²) in [5.41, 5.74) is 4.77. The van der Waals surface area contributed by atoms with Crippen molar-refractivity contribution in [2.45, 2.75) is 5.16 Å². The van der Waals surface area contributed by atoms with Crippen molar-refractivity contribution in [3.05, 3.63) is 89.5 Å². The number of hydrazone groups is 1. The molecular formula is C22H16ClFN6OS. The first-order chi connectivity index (χ1) is 15.6. The molecule has 0 saturated carbocycles. The number of thioether (sulfide) groups is 1. The summed E-state index contributed by atoms with van der Waals surface area (Å²) < 4.78 is 14.8. The summed E-state index contributed by atoms with van der Waals surface area (Å²) in [7, 11) is 0. The van der Waals surface area contributed by atoms with E-state index in [2.05, 4.69) is 25.7 Å². The molecular weight excluding hydrogens is 451 g/mol. The highest BCUT2D eigenvalue weighted by Gasteiger charge is 2.17. The summed E-state index contributed by atoms with van der Waals surface area (Å²) in [6, 6.07) is 16.7. The van der Waals surface area contributed by atoms with Crippen LogP contribution in [0.3, 0.4) is 0 Å². The highest BCUT2D eigenvalue weighted by atomic mass is 35.5. The first kappa shape index (κ1) is 21.7. The minimum atomic E-state index is -0.335. The van der Waals surface area contributed by atoms with Crippen molar-refractivity contribution >= 4 is 35.5 Å². The number of hydrogen-bond acceptors (Lipinski definition) is 6. The second-order valence-corrected chi connectivity index (χ2v) is 7.87. The molecule has 4 rings (SSSR count). The molecule has 2 aromatic heterocycles. The molecule has 0 aliphatic rings. The maximum atomic E-state index is 12.9. The van der Waals surface area contributed by atoms with Gasteiger partial charge in [-0.15, -0.1) is 10.2 Å². The third kappa shape index (κ3) is 5.37. The molecule has 0 radical (unpaired) electrons. The quantitative estimate of drug-likeness (QED) is 0.248. The molecule has 1 N–H and O–H groups in total. The van der Waals surface area contributed by atoms with Crippen LogP contribution in [0.1, 0.15) is 5.56 Å². The zero-order chi connectivity index (χ0) is 22.3. The Morgan fingerprint density at radius 3 is 2.50 bits per heavy atom. The topological polar surface area (TPSA) is 85.1 Å². The lowest BCUT2D eigenvalue weighted by atomic mass is 10.2. The van der Waals surface area contributed by atoms with E-state index in [9.17, 15) is 9.18 Å². The highest BCUT2D eigenvalue weighted by molar-refractivity contribution is 7.99. The number of hydrogen-bond donors (Lipinski definition) is 1. The fourth-order valence-corrected chi connectivity index (χ4v) is 3.63. The lowest BCUT2D eigenvalue weighted by Crippen LogP contribution is -2.20. The van der Waals surface area contributed by atoms with E-state index in [1.165, 1.54) is 30.1 Å². The highest BCUT2D eigenvalue weighted by Crippen LogP contribution is 2.28. The molecule has 160 valence electrons. The fraction of sp³-hybridized carbons (Fsp3) is 0.0455. The Morgan fingerprint density at radius 2 is 1.78 bits per heavy atom. The predicted molar refractivity (Wildman–Crippen MR) is 122 cm³/mol. The lowest BCUT2D eigenvalue weighted by Gasteiger charge is -2.10. The maximum Gasteiger partial charge on any atom is 0.250 e. The van der Waals surface area contributed by atoms with Gasteiger partial charge >= 0.3 is 0 Å². The van der Waals surface area contributed by atoms with E-state index in [-0.39, 0.29) is 17.5 Å². The monoisotopic (exact) mass is 466 g/mol. The first-order valence-electron chi connectivity index (χ1n) is 9.42. The van der Waals surface area contributed by atoms with Gasteiger partial charge in [-0.3, -0.25) is 14.3 Å². The Balaban J connectivity index is 1.49. The van der Waals surface area contributed by atoms with Crippen LogP contribution < -0.4 is 5.43 Å². The Hall–Kier alpha value is -3.56. The number of pyridine rings is 1. The van der Waals surface area contributed by atoms with E-state index in [4.69, 9.17) is 11.6 Å². The van der Waals surface area contributed by atoms with E-state index in [1.807, 2.05) is 28.8 Å². The van der Waals surface area contributed by atoms with Gasteiger partial charge in [0.2, 0.25) is 0 Å². The van der Waals surface area contributed by atoms with Crippen molar-refractivity contribution in [2.75, 3.05) is 5.75 Å². The second kappa shape index (κ2) is 10.2. The van der Waals surface area contributed by atoms with E-state index >= 15 is 0 Å². The summed E-state index contributed by atoms with van der Waals surface area (Å²) in [5.74, 6) is 0.0398. The summed E-state index contributed by atoms with van der Waals surface area (Å²) in [6.07, 6.45) is 4.80. The molecule has 32 heavy (non-hydrogen) atoms. The number of aromatic nitrogens is 4. The molecule has 0 aliphatic carbocycles. The van der Waals surface area contributed by atoms with Gasteiger partial charge in [-0.25, -0.2) is 9.82 Å².